The number of nitrogens with one attached hydrogen (secondary N) is 1. The predicted octanol–water partition coefficient (Wildman–Crippen LogP) is 0.410. The highest BCUT2D eigenvalue weighted by Crippen LogP contribution is 2.07. The standard InChI is InChI=1S/C6H8N2O3/c1-3-5(6(9)8-10)11-4(2)7-3/h10H,1-2H3,(H,8,9). The van der Waals surface area contributed by atoms with E-state index in [1.54, 1.807) is 13.8 Å². The number of oxazole rings is 1. The van der Waals surface area contributed by atoms with Crippen LogP contribution in [-0.2, 0) is 0 Å². The van der Waals surface area contributed by atoms with E-state index in [2.05, 4.69) is 4.98 Å². The molecule has 0 aromatic carbocycles. The Morgan fingerprint density at radius 2 is 2.27 bits per heavy atom. The fourth-order valence-corrected chi connectivity index (χ4v) is 0.793. The second kappa shape index (κ2) is 2.71. The molecule has 0 saturated heterocycles. The van der Waals surface area contributed by atoms with E-state index >= 15 is 0 Å². The highest BCUT2D eigenvalue weighted by Gasteiger charge is 2.14. The number of carbonyl (C=O) groups excluding carboxylic acids is 1. The molecule has 0 bridgehead atoms. The minimum absolute atomic E-state index is 0.0463. The van der Waals surface area contributed by atoms with Crippen molar-refractivity contribution in [2.45, 2.75) is 13.8 Å². The normalized spacial score (nSPS) is 9.73. The van der Waals surface area contributed by atoms with Crippen molar-refractivity contribution in [3.63, 3.8) is 0 Å². The number of aryl methyl sites for hydroxylation is 2. The highest BCUT2D eigenvalue weighted by atomic mass is 16.5. The fraction of sp³-hybridized carbons (Fsp3) is 0.333. The van der Waals surface area contributed by atoms with Gasteiger partial charge in [0.05, 0.1) is 5.69 Å². The van der Waals surface area contributed by atoms with E-state index in [0.29, 0.717) is 11.6 Å². The molecular formula is C6H8N2O3. The van der Waals surface area contributed by atoms with Gasteiger partial charge in [-0.3, -0.25) is 10.0 Å². The first kappa shape index (κ1) is 7.74. The maximum absolute atomic E-state index is 10.8. The van der Waals surface area contributed by atoms with Gasteiger partial charge in [0.15, 0.2) is 5.89 Å². The van der Waals surface area contributed by atoms with Gasteiger partial charge in [0.1, 0.15) is 0 Å². The van der Waals surface area contributed by atoms with E-state index in [1.165, 1.54) is 5.48 Å². The van der Waals surface area contributed by atoms with Crippen LogP contribution in [-0.4, -0.2) is 16.1 Å². The van der Waals surface area contributed by atoms with Crippen molar-refractivity contribution in [2.24, 2.45) is 0 Å². The molecule has 0 aliphatic rings. The molecule has 1 amide bonds. The summed E-state index contributed by atoms with van der Waals surface area (Å²) in [5.41, 5.74) is 1.93. The number of hydroxylamine groups is 1. The van der Waals surface area contributed by atoms with Crippen LogP contribution in [0.4, 0.5) is 0 Å². The molecule has 0 fully saturated rings. The molecule has 1 heterocycles. The second-order valence-corrected chi connectivity index (χ2v) is 2.09. The van der Waals surface area contributed by atoms with Crippen LogP contribution in [0.5, 0.6) is 0 Å². The fourth-order valence-electron chi connectivity index (χ4n) is 0.793. The van der Waals surface area contributed by atoms with Crippen molar-refractivity contribution in [3.05, 3.63) is 17.3 Å². The van der Waals surface area contributed by atoms with Crippen molar-refractivity contribution in [1.82, 2.24) is 10.5 Å². The number of hydrogen-bond donors (Lipinski definition) is 2. The van der Waals surface area contributed by atoms with E-state index < -0.39 is 5.91 Å². The van der Waals surface area contributed by atoms with Crippen LogP contribution >= 0.6 is 0 Å². The number of amides is 1. The average Bonchev–Trinajstić information content (AvgIpc) is 2.28. The molecule has 11 heavy (non-hydrogen) atoms. The minimum Gasteiger partial charge on any atom is -0.435 e. The first-order valence-electron chi connectivity index (χ1n) is 3.03. The van der Waals surface area contributed by atoms with Crippen LogP contribution in [0.3, 0.4) is 0 Å². The zero-order chi connectivity index (χ0) is 8.43. The van der Waals surface area contributed by atoms with E-state index in [4.69, 9.17) is 9.62 Å². The third kappa shape index (κ3) is 1.38. The van der Waals surface area contributed by atoms with Crippen LogP contribution in [0.1, 0.15) is 22.1 Å². The first-order valence-corrected chi connectivity index (χ1v) is 3.03. The summed E-state index contributed by atoms with van der Waals surface area (Å²) < 4.78 is 4.88. The van der Waals surface area contributed by atoms with Gasteiger partial charge in [0.2, 0.25) is 5.76 Å². The molecule has 0 radical (unpaired) electrons. The maximum Gasteiger partial charge on any atom is 0.312 e. The average molecular weight is 156 g/mol. The van der Waals surface area contributed by atoms with E-state index in [1.807, 2.05) is 0 Å². The highest BCUT2D eigenvalue weighted by molar-refractivity contribution is 5.91. The molecule has 0 aliphatic carbocycles. The molecule has 60 valence electrons. The number of aromatic nitrogens is 1. The summed E-state index contributed by atoms with van der Waals surface area (Å²) in [4.78, 5) is 14.6. The van der Waals surface area contributed by atoms with E-state index in [-0.39, 0.29) is 5.76 Å². The Balaban J connectivity index is 3.03. The van der Waals surface area contributed by atoms with Gasteiger partial charge in [-0.15, -0.1) is 0 Å². The quantitative estimate of drug-likeness (QED) is 0.456. The number of nitrogens with zero attached hydrogens (tertiary/aromatic N) is 1. The second-order valence-electron chi connectivity index (χ2n) is 2.09. The Labute approximate surface area is 63.0 Å². The largest absolute Gasteiger partial charge is 0.435 e. The lowest BCUT2D eigenvalue weighted by atomic mass is 10.4. The monoisotopic (exact) mass is 156 g/mol. The molecule has 5 nitrogen and oxygen atoms in total. The van der Waals surface area contributed by atoms with Gasteiger partial charge in [-0.2, -0.15) is 0 Å². The summed E-state index contributed by atoms with van der Waals surface area (Å²) >= 11 is 0. The molecule has 1 rings (SSSR count). The Bertz CT molecular complexity index is 279. The van der Waals surface area contributed by atoms with Crippen molar-refractivity contribution in [2.75, 3.05) is 0 Å². The van der Waals surface area contributed by atoms with Crippen LogP contribution in [0, 0.1) is 13.8 Å². The van der Waals surface area contributed by atoms with Crippen molar-refractivity contribution in [3.8, 4) is 0 Å². The lowest BCUT2D eigenvalue weighted by Crippen LogP contribution is -2.18. The van der Waals surface area contributed by atoms with Crippen LogP contribution in [0.25, 0.3) is 0 Å². The molecule has 5 heteroatoms. The SMILES string of the molecule is Cc1nc(C)c(C(=O)NO)o1. The zero-order valence-corrected chi connectivity index (χ0v) is 6.21. The number of carbonyl (C=O) groups is 1. The van der Waals surface area contributed by atoms with Gasteiger partial charge in [-0.25, -0.2) is 10.5 Å². The number of hydrogen-bond acceptors (Lipinski definition) is 4. The Hall–Kier alpha value is -1.36. The van der Waals surface area contributed by atoms with Crippen LogP contribution in [0.2, 0.25) is 0 Å². The third-order valence-corrected chi connectivity index (χ3v) is 1.21. The molecular weight excluding hydrogens is 148 g/mol. The maximum atomic E-state index is 10.8. The molecule has 0 spiro atoms. The summed E-state index contributed by atoms with van der Waals surface area (Å²) in [5, 5.41) is 8.23. The Morgan fingerprint density at radius 3 is 2.64 bits per heavy atom. The molecule has 0 atom stereocenters. The van der Waals surface area contributed by atoms with E-state index in [9.17, 15) is 4.79 Å². The molecule has 0 aliphatic heterocycles. The smallest absolute Gasteiger partial charge is 0.312 e. The molecule has 0 unspecified atom stereocenters. The molecule has 1 aromatic rings. The van der Waals surface area contributed by atoms with Crippen LogP contribution in [0.15, 0.2) is 4.42 Å². The van der Waals surface area contributed by atoms with Gasteiger partial charge < -0.3 is 4.42 Å². The molecule has 0 saturated carbocycles. The summed E-state index contributed by atoms with van der Waals surface area (Å²) in [6.45, 7) is 3.25. The lowest BCUT2D eigenvalue weighted by Gasteiger charge is -1.91. The molecule has 2 N–H and O–H groups in total. The Morgan fingerprint density at radius 1 is 1.64 bits per heavy atom. The lowest BCUT2D eigenvalue weighted by molar-refractivity contribution is 0.0674. The van der Waals surface area contributed by atoms with Gasteiger partial charge in [-0.1, -0.05) is 0 Å². The summed E-state index contributed by atoms with van der Waals surface area (Å²) in [6.07, 6.45) is 0. The summed E-state index contributed by atoms with van der Waals surface area (Å²) in [7, 11) is 0. The zero-order valence-electron chi connectivity index (χ0n) is 6.21. The molecule has 1 aromatic heterocycles. The predicted molar refractivity (Wildman–Crippen MR) is 35.2 cm³/mol. The van der Waals surface area contributed by atoms with Crippen molar-refractivity contribution >= 4 is 5.91 Å². The topological polar surface area (TPSA) is 75.4 Å². The first-order chi connectivity index (χ1) is 5.15. The summed E-state index contributed by atoms with van der Waals surface area (Å²) in [5.74, 6) is -0.228. The van der Waals surface area contributed by atoms with Gasteiger partial charge in [-0.05, 0) is 6.92 Å². The minimum atomic E-state index is -0.678. The Kier molecular flexibility index (Phi) is 1.91. The van der Waals surface area contributed by atoms with Gasteiger partial charge >= 0.3 is 5.91 Å². The van der Waals surface area contributed by atoms with E-state index in [0.717, 1.165) is 0 Å². The summed E-state index contributed by atoms with van der Waals surface area (Å²) in [6, 6.07) is 0. The van der Waals surface area contributed by atoms with Crippen LogP contribution < -0.4 is 5.48 Å². The van der Waals surface area contributed by atoms with Gasteiger partial charge in [0.25, 0.3) is 0 Å². The van der Waals surface area contributed by atoms with Crippen molar-refractivity contribution in [1.29, 1.82) is 0 Å². The number of rotatable bonds is 1. The third-order valence-electron chi connectivity index (χ3n) is 1.21. The van der Waals surface area contributed by atoms with Gasteiger partial charge in [0, 0.05) is 6.92 Å². The van der Waals surface area contributed by atoms with Crippen molar-refractivity contribution < 1.29 is 14.4 Å².